The summed E-state index contributed by atoms with van der Waals surface area (Å²) in [6.07, 6.45) is -9.95. The van der Waals surface area contributed by atoms with E-state index in [1.807, 2.05) is 0 Å². The van der Waals surface area contributed by atoms with Crippen molar-refractivity contribution < 1.29 is 41.1 Å². The maximum atomic E-state index is 14.4. The number of hydrogen-bond donors (Lipinski definition) is 1. The number of piperidine rings is 1. The molecule has 3 heterocycles. The van der Waals surface area contributed by atoms with Gasteiger partial charge in [0.05, 0.1) is 26.5 Å². The number of anilines is 2. The number of hydrogen-bond acceptors (Lipinski definition) is 5. The molecule has 9 heteroatoms. The third kappa shape index (κ3) is 3.68. The van der Waals surface area contributed by atoms with Gasteiger partial charge in [0.2, 0.25) is 5.91 Å². The largest absolute Gasteiger partial charge is 0.497 e. The van der Waals surface area contributed by atoms with Gasteiger partial charge in [-0.1, -0.05) is 0 Å². The van der Waals surface area contributed by atoms with Gasteiger partial charge in [-0.3, -0.25) is 14.4 Å². The first-order valence-electron chi connectivity index (χ1n) is 17.6. The topological polar surface area (TPSA) is 111 Å². The van der Waals surface area contributed by atoms with E-state index in [0.717, 1.165) is 7.11 Å². The smallest absolute Gasteiger partial charge is 0.277 e. The maximum Gasteiger partial charge on any atom is 0.277 e. The van der Waals surface area contributed by atoms with Crippen LogP contribution < -0.4 is 20.3 Å². The van der Waals surface area contributed by atoms with Gasteiger partial charge >= 0.3 is 0 Å². The summed E-state index contributed by atoms with van der Waals surface area (Å²) in [6.45, 7) is -4.72. The second-order valence-electron chi connectivity index (χ2n) is 6.81. The molecule has 0 aliphatic carbocycles. The van der Waals surface area contributed by atoms with Crippen LogP contribution in [0.25, 0.3) is 5.69 Å². The van der Waals surface area contributed by atoms with Crippen LogP contribution in [-0.2, 0) is 11.2 Å². The van der Waals surface area contributed by atoms with Crippen LogP contribution in [0.1, 0.15) is 67.6 Å². The van der Waals surface area contributed by atoms with Crippen LogP contribution in [0.15, 0.2) is 48.3 Å². The summed E-state index contributed by atoms with van der Waals surface area (Å²) in [5, 5.41) is 3.81. The van der Waals surface area contributed by atoms with Gasteiger partial charge in [0.15, 0.2) is 5.69 Å². The molecule has 2 aliphatic rings. The summed E-state index contributed by atoms with van der Waals surface area (Å²) < 4.78 is 140. The number of amides is 3. The molecule has 0 unspecified atom stereocenters. The van der Waals surface area contributed by atoms with E-state index in [2.05, 4.69) is 5.10 Å². The van der Waals surface area contributed by atoms with E-state index in [1.54, 1.807) is 0 Å². The quantitative estimate of drug-likeness (QED) is 0.610. The van der Waals surface area contributed by atoms with Crippen molar-refractivity contribution in [2.45, 2.75) is 25.5 Å². The maximum absolute atomic E-state index is 14.4. The normalized spacial score (nSPS) is 28.6. The van der Waals surface area contributed by atoms with Crippen molar-refractivity contribution in [2.24, 2.45) is 5.73 Å². The second-order valence-corrected chi connectivity index (χ2v) is 6.81. The predicted molar refractivity (Wildman–Crippen MR) is 127 cm³/mol. The number of carbonyl (C=O) groups is 3. The van der Waals surface area contributed by atoms with E-state index in [0.29, 0.717) is 9.58 Å². The van der Waals surface area contributed by atoms with Gasteiger partial charge in [-0.2, -0.15) is 5.10 Å². The monoisotopic (exact) mass is 475 g/mol. The van der Waals surface area contributed by atoms with E-state index in [-0.39, 0.29) is 4.90 Å². The Labute approximate surface area is 219 Å². The Hall–Kier alpha value is -4.14. The average Bonchev–Trinajstić information content (AvgIpc) is 3.41. The lowest BCUT2D eigenvalue weighted by molar-refractivity contribution is -0.119. The van der Waals surface area contributed by atoms with Crippen molar-refractivity contribution in [3.63, 3.8) is 0 Å². The molecule has 174 valence electrons. The van der Waals surface area contributed by atoms with Crippen LogP contribution in [0.5, 0.6) is 5.75 Å². The molecule has 3 amide bonds. The molecule has 1 aromatic heterocycles. The van der Waals surface area contributed by atoms with Crippen LogP contribution in [0.4, 0.5) is 11.4 Å². The Balaban J connectivity index is 1.83. The third-order valence-electron chi connectivity index (χ3n) is 4.82. The third-order valence-corrected chi connectivity index (χ3v) is 4.82. The predicted octanol–water partition coefficient (Wildman–Crippen LogP) is 2.70. The molecule has 1 fully saturated rings. The fraction of sp³-hybridized carbons (Fsp3) is 0.280. The minimum absolute atomic E-state index is 0.0985. The van der Waals surface area contributed by atoms with Crippen LogP contribution in [-0.4, -0.2) is 47.7 Å². The molecule has 5 rings (SSSR count). The van der Waals surface area contributed by atoms with Gasteiger partial charge < -0.3 is 20.3 Å². The van der Waals surface area contributed by atoms with Crippen LogP contribution in [0, 0.1) is 0 Å². The zero-order valence-corrected chi connectivity index (χ0v) is 17.4. The fourth-order valence-electron chi connectivity index (χ4n) is 3.20. The molecule has 0 saturated carbocycles. The summed E-state index contributed by atoms with van der Waals surface area (Å²) in [5.41, 5.74) is -0.608. The number of aromatic nitrogens is 2. The summed E-state index contributed by atoms with van der Waals surface area (Å²) in [5.74, 6) is -4.81. The lowest BCUT2D eigenvalue weighted by atomic mass is 10.0. The molecule has 0 atom stereocenters. The Bertz CT molecular complexity index is 1990. The number of rotatable bonds is 5. The molecule has 34 heavy (non-hydrogen) atoms. The first kappa shape index (κ1) is 10.0. The minimum atomic E-state index is -3.68. The molecular formula is C25H25N5O4. The lowest BCUT2D eigenvalue weighted by Gasteiger charge is -2.29. The Kier molecular flexibility index (Phi) is 2.55. The molecule has 1 saturated heterocycles. The van der Waals surface area contributed by atoms with Gasteiger partial charge in [0.25, 0.3) is 11.8 Å². The molecule has 2 N–H and O–H groups in total. The Morgan fingerprint density at radius 3 is 2.32 bits per heavy atom. The van der Waals surface area contributed by atoms with Crippen LogP contribution in [0.2, 0.25) is 0 Å². The van der Waals surface area contributed by atoms with Crippen molar-refractivity contribution in [1.82, 2.24) is 9.78 Å². The summed E-state index contributed by atoms with van der Waals surface area (Å²) in [7, 11) is 1.06. The standard InChI is InChI=1S/C25H25N5O4/c1-34-19-11-9-18(10-12-19)30-23-20(22(27-30)24(26)32)13-15-29(25(23)33)17-7-5-16(6-8-17)28-14-3-2-4-21(28)31/h5-12H,2-4,13-15H2,1H3,(H2,26,32)/i2D2,3D2,5D,6D,7D,8D,9D,10D,11D,12D,13D2,15D2. The lowest BCUT2D eigenvalue weighted by Crippen LogP contribution is -2.39. The molecule has 3 aromatic rings. The highest BCUT2D eigenvalue weighted by Crippen LogP contribution is 2.31. The number of fused-ring (bicyclic) bond motifs is 1. The number of ether oxygens (including phenoxy) is 1. The summed E-state index contributed by atoms with van der Waals surface area (Å²) in [6, 6.07) is -8.02. The van der Waals surface area contributed by atoms with Crippen LogP contribution >= 0.6 is 0 Å². The summed E-state index contributed by atoms with van der Waals surface area (Å²) in [4.78, 5) is 40.2. The molecule has 2 aliphatic heterocycles. The van der Waals surface area contributed by atoms with E-state index >= 15 is 0 Å². The minimum Gasteiger partial charge on any atom is -0.497 e. The average molecular weight is 476 g/mol. The van der Waals surface area contributed by atoms with E-state index in [9.17, 15) is 14.4 Å². The molecule has 0 radical (unpaired) electrons. The number of nitrogens with zero attached hydrogens (tertiary/aromatic N) is 4. The second kappa shape index (κ2) is 8.66. The summed E-state index contributed by atoms with van der Waals surface area (Å²) >= 11 is 0. The molecule has 9 nitrogen and oxygen atoms in total. The number of primary amides is 1. The first-order valence-corrected chi connectivity index (χ1v) is 9.63. The molecule has 0 bridgehead atoms. The highest BCUT2D eigenvalue weighted by molar-refractivity contribution is 6.09. The number of benzene rings is 2. The highest BCUT2D eigenvalue weighted by atomic mass is 16.5. The van der Waals surface area contributed by atoms with Crippen molar-refractivity contribution in [1.29, 1.82) is 0 Å². The van der Waals surface area contributed by atoms with Crippen molar-refractivity contribution in [2.75, 3.05) is 30.0 Å². The molecule has 0 spiro atoms. The van der Waals surface area contributed by atoms with Gasteiger partial charge in [-0.05, 0) is 67.5 Å². The Morgan fingerprint density at radius 1 is 1.03 bits per heavy atom. The van der Waals surface area contributed by atoms with Crippen molar-refractivity contribution >= 4 is 29.1 Å². The number of carbonyl (C=O) groups excluding carboxylic acids is 3. The number of nitrogens with two attached hydrogens (primary N) is 1. The zero-order valence-electron chi connectivity index (χ0n) is 33.4. The fourth-order valence-corrected chi connectivity index (χ4v) is 3.20. The molecular weight excluding hydrogens is 434 g/mol. The SMILES string of the molecule is [2H]c1c([2H])c(-n2nc(C(N)=O)c3c2C(=O)N(c2c([2H])c([2H])c(N4CC([2H])([2H])C([2H])([2H])CC4=O)c([2H])c2[2H])C([2H])([2H])C3([2H])[2H])c([2H])c([2H])c1OC. The van der Waals surface area contributed by atoms with Gasteiger partial charge in [0, 0.05) is 44.6 Å². The van der Waals surface area contributed by atoms with Gasteiger partial charge in [-0.25, -0.2) is 4.68 Å². The Morgan fingerprint density at radius 2 is 1.68 bits per heavy atom. The zero-order chi connectivity index (χ0) is 38.0. The van der Waals surface area contributed by atoms with Crippen LogP contribution in [0.3, 0.4) is 0 Å². The highest BCUT2D eigenvalue weighted by Gasteiger charge is 2.34. The van der Waals surface area contributed by atoms with E-state index < -0.39 is 144 Å². The van der Waals surface area contributed by atoms with Gasteiger partial charge in [-0.15, -0.1) is 0 Å². The van der Waals surface area contributed by atoms with E-state index in [1.165, 1.54) is 0 Å². The molecule has 2 aromatic carbocycles. The van der Waals surface area contributed by atoms with Crippen molar-refractivity contribution in [3.05, 3.63) is 65.3 Å². The number of methoxy groups -OCH3 is 1. The van der Waals surface area contributed by atoms with Crippen molar-refractivity contribution in [3.8, 4) is 11.4 Å². The van der Waals surface area contributed by atoms with Gasteiger partial charge in [0.1, 0.15) is 11.4 Å². The first-order chi connectivity index (χ1) is 22.8. The van der Waals surface area contributed by atoms with E-state index in [4.69, 9.17) is 32.4 Å².